The fourth-order valence-electron chi connectivity index (χ4n) is 4.11. The smallest absolute Gasteiger partial charge is 0.254 e. The molecule has 1 saturated heterocycles. The van der Waals surface area contributed by atoms with E-state index in [4.69, 9.17) is 4.74 Å². The summed E-state index contributed by atoms with van der Waals surface area (Å²) in [5.74, 6) is 0.280. The molecule has 0 aliphatic carbocycles. The molecule has 0 N–H and O–H groups in total. The van der Waals surface area contributed by atoms with Crippen molar-refractivity contribution in [2.45, 2.75) is 32.7 Å². The number of nitrogens with zero attached hydrogens (tertiary/aromatic N) is 2. The van der Waals surface area contributed by atoms with Gasteiger partial charge in [0.2, 0.25) is 5.88 Å². The molecule has 2 unspecified atom stereocenters. The van der Waals surface area contributed by atoms with Crippen molar-refractivity contribution in [3.8, 4) is 17.0 Å². The van der Waals surface area contributed by atoms with Gasteiger partial charge in [-0.1, -0.05) is 48.0 Å². The first kappa shape index (κ1) is 21.0. The number of carbonyl (C=O) groups is 1. The maximum absolute atomic E-state index is 13.6. The van der Waals surface area contributed by atoms with E-state index in [9.17, 15) is 9.18 Å². The molecular formula is C26H27FN2O2. The molecule has 0 radical (unpaired) electrons. The van der Waals surface area contributed by atoms with Crippen molar-refractivity contribution in [1.82, 2.24) is 9.88 Å². The SMILES string of the molecule is Cc1ccc(-c2ccccc2)c(C(=O)N2CC(COc3ccc(F)cn3)CCC2C)c1. The molecule has 3 aromatic rings. The minimum atomic E-state index is -0.386. The Kier molecular flexibility index (Phi) is 6.31. The van der Waals surface area contributed by atoms with E-state index in [0.29, 0.717) is 19.0 Å². The predicted molar refractivity (Wildman–Crippen MR) is 120 cm³/mol. The van der Waals surface area contributed by atoms with E-state index < -0.39 is 0 Å². The van der Waals surface area contributed by atoms with E-state index >= 15 is 0 Å². The Bertz CT molecular complexity index is 1040. The number of benzene rings is 2. The summed E-state index contributed by atoms with van der Waals surface area (Å²) >= 11 is 0. The van der Waals surface area contributed by atoms with Crippen LogP contribution < -0.4 is 4.74 Å². The average Bonchev–Trinajstić information content (AvgIpc) is 2.79. The van der Waals surface area contributed by atoms with Crippen LogP contribution in [-0.2, 0) is 0 Å². The quantitative estimate of drug-likeness (QED) is 0.548. The molecule has 2 atom stereocenters. The lowest BCUT2D eigenvalue weighted by Crippen LogP contribution is -2.47. The van der Waals surface area contributed by atoms with Crippen LogP contribution in [0, 0.1) is 18.7 Å². The van der Waals surface area contributed by atoms with Crippen molar-refractivity contribution in [1.29, 1.82) is 0 Å². The first-order valence-electron chi connectivity index (χ1n) is 10.7. The van der Waals surface area contributed by atoms with Crippen molar-refractivity contribution in [3.05, 3.63) is 83.8 Å². The third-order valence-corrected chi connectivity index (χ3v) is 5.90. The molecule has 5 heteroatoms. The summed E-state index contributed by atoms with van der Waals surface area (Å²) in [7, 11) is 0. The van der Waals surface area contributed by atoms with E-state index in [0.717, 1.165) is 41.3 Å². The maximum Gasteiger partial charge on any atom is 0.254 e. The van der Waals surface area contributed by atoms with Gasteiger partial charge in [-0.2, -0.15) is 0 Å². The topological polar surface area (TPSA) is 42.4 Å². The summed E-state index contributed by atoms with van der Waals surface area (Å²) in [6.45, 7) is 5.20. The first-order valence-corrected chi connectivity index (χ1v) is 10.7. The molecule has 4 rings (SSSR count). The minimum absolute atomic E-state index is 0.0552. The van der Waals surface area contributed by atoms with E-state index in [2.05, 4.69) is 11.9 Å². The van der Waals surface area contributed by atoms with Gasteiger partial charge in [0, 0.05) is 30.1 Å². The summed E-state index contributed by atoms with van der Waals surface area (Å²) < 4.78 is 18.8. The monoisotopic (exact) mass is 418 g/mol. The van der Waals surface area contributed by atoms with Crippen LogP contribution in [0.3, 0.4) is 0 Å². The molecule has 1 aliphatic heterocycles. The highest BCUT2D eigenvalue weighted by Gasteiger charge is 2.31. The Hall–Kier alpha value is -3.21. The molecule has 4 nitrogen and oxygen atoms in total. The van der Waals surface area contributed by atoms with Crippen LogP contribution in [0.1, 0.15) is 35.7 Å². The van der Waals surface area contributed by atoms with Gasteiger partial charge in [0.1, 0.15) is 5.82 Å². The van der Waals surface area contributed by atoms with E-state index in [1.165, 1.54) is 12.1 Å². The van der Waals surface area contributed by atoms with Crippen molar-refractivity contribution >= 4 is 5.91 Å². The van der Waals surface area contributed by atoms with Crippen molar-refractivity contribution in [2.24, 2.45) is 5.92 Å². The zero-order chi connectivity index (χ0) is 21.8. The number of hydrogen-bond donors (Lipinski definition) is 0. The van der Waals surface area contributed by atoms with Crippen molar-refractivity contribution in [3.63, 3.8) is 0 Å². The largest absolute Gasteiger partial charge is 0.477 e. The normalized spacial score (nSPS) is 18.6. The van der Waals surface area contributed by atoms with Gasteiger partial charge in [0.25, 0.3) is 5.91 Å². The molecule has 2 aromatic carbocycles. The Balaban J connectivity index is 1.52. The van der Waals surface area contributed by atoms with Gasteiger partial charge in [0.15, 0.2) is 0 Å². The second-order valence-electron chi connectivity index (χ2n) is 8.29. The zero-order valence-corrected chi connectivity index (χ0v) is 17.9. The second kappa shape index (κ2) is 9.29. The standard InChI is InChI=1S/C26H27FN2O2/c1-18-8-12-23(21-6-4-3-5-7-21)24(14-18)26(30)29-16-20(10-9-19(29)2)17-31-25-13-11-22(27)15-28-25/h3-8,11-15,19-20H,9-10,16-17H2,1-2H3. The Morgan fingerprint density at radius 1 is 1.13 bits per heavy atom. The van der Waals surface area contributed by atoms with Crippen LogP contribution >= 0.6 is 0 Å². The Morgan fingerprint density at radius 2 is 1.94 bits per heavy atom. The summed E-state index contributed by atoms with van der Waals surface area (Å²) in [5.41, 5.74) is 3.80. The van der Waals surface area contributed by atoms with Crippen LogP contribution in [0.25, 0.3) is 11.1 Å². The lowest BCUT2D eigenvalue weighted by molar-refractivity contribution is 0.0503. The number of aromatic nitrogens is 1. The van der Waals surface area contributed by atoms with Gasteiger partial charge in [-0.15, -0.1) is 0 Å². The summed E-state index contributed by atoms with van der Waals surface area (Å²) in [6.07, 6.45) is 3.05. The molecule has 2 heterocycles. The number of piperidine rings is 1. The van der Waals surface area contributed by atoms with E-state index in [1.807, 2.05) is 60.4 Å². The summed E-state index contributed by atoms with van der Waals surface area (Å²) in [6, 6.07) is 19.1. The predicted octanol–water partition coefficient (Wildman–Crippen LogP) is 5.52. The highest BCUT2D eigenvalue weighted by atomic mass is 19.1. The number of rotatable bonds is 5. The number of halogens is 1. The number of carbonyl (C=O) groups excluding carboxylic acids is 1. The van der Waals surface area contributed by atoms with E-state index in [1.54, 1.807) is 0 Å². The lowest BCUT2D eigenvalue weighted by atomic mass is 9.91. The van der Waals surface area contributed by atoms with Gasteiger partial charge in [0.05, 0.1) is 12.8 Å². The Labute approximate surface area is 182 Å². The molecular weight excluding hydrogens is 391 g/mol. The van der Waals surface area contributed by atoms with Gasteiger partial charge >= 0.3 is 0 Å². The lowest BCUT2D eigenvalue weighted by Gasteiger charge is -2.38. The molecule has 0 spiro atoms. The number of hydrogen-bond acceptors (Lipinski definition) is 3. The third kappa shape index (κ3) is 4.93. The van der Waals surface area contributed by atoms with Crippen LogP contribution in [0.2, 0.25) is 0 Å². The molecule has 1 aromatic heterocycles. The van der Waals surface area contributed by atoms with Gasteiger partial charge in [-0.3, -0.25) is 4.79 Å². The molecule has 160 valence electrons. The van der Waals surface area contributed by atoms with Crippen LogP contribution in [-0.4, -0.2) is 35.0 Å². The van der Waals surface area contributed by atoms with Crippen molar-refractivity contribution in [2.75, 3.05) is 13.2 Å². The molecule has 0 saturated carbocycles. The molecule has 1 fully saturated rings. The number of ether oxygens (including phenoxy) is 1. The maximum atomic E-state index is 13.6. The zero-order valence-electron chi connectivity index (χ0n) is 17.9. The highest BCUT2D eigenvalue weighted by molar-refractivity contribution is 6.01. The fourth-order valence-corrected chi connectivity index (χ4v) is 4.11. The number of amides is 1. The average molecular weight is 419 g/mol. The summed E-state index contributed by atoms with van der Waals surface area (Å²) in [4.78, 5) is 19.6. The van der Waals surface area contributed by atoms with Crippen molar-refractivity contribution < 1.29 is 13.9 Å². The molecule has 0 bridgehead atoms. The highest BCUT2D eigenvalue weighted by Crippen LogP contribution is 2.29. The molecule has 31 heavy (non-hydrogen) atoms. The molecule has 1 aliphatic rings. The number of likely N-dealkylation sites (tertiary alicyclic amines) is 1. The second-order valence-corrected chi connectivity index (χ2v) is 8.29. The number of pyridine rings is 1. The summed E-state index contributed by atoms with van der Waals surface area (Å²) in [5, 5.41) is 0. The third-order valence-electron chi connectivity index (χ3n) is 5.90. The van der Waals surface area contributed by atoms with Gasteiger partial charge in [-0.25, -0.2) is 9.37 Å². The Morgan fingerprint density at radius 3 is 2.68 bits per heavy atom. The van der Waals surface area contributed by atoms with Gasteiger partial charge < -0.3 is 9.64 Å². The van der Waals surface area contributed by atoms with Gasteiger partial charge in [-0.05, 0) is 49.9 Å². The first-order chi connectivity index (χ1) is 15.0. The minimum Gasteiger partial charge on any atom is -0.477 e. The fraction of sp³-hybridized carbons (Fsp3) is 0.308. The molecule has 1 amide bonds. The van der Waals surface area contributed by atoms with Crippen LogP contribution in [0.4, 0.5) is 4.39 Å². The van der Waals surface area contributed by atoms with Crippen LogP contribution in [0.5, 0.6) is 5.88 Å². The number of aryl methyl sites for hydroxylation is 1. The van der Waals surface area contributed by atoms with E-state index in [-0.39, 0.29) is 23.7 Å². The van der Waals surface area contributed by atoms with Crippen LogP contribution in [0.15, 0.2) is 66.9 Å².